The number of aromatic nitrogens is 4. The molecule has 2 aliphatic heterocycles. The van der Waals surface area contributed by atoms with Gasteiger partial charge in [-0.15, -0.1) is 10.2 Å². The van der Waals surface area contributed by atoms with E-state index in [4.69, 9.17) is 0 Å². The molecule has 3 aromatic rings. The molecule has 0 bridgehead atoms. The Hall–Kier alpha value is -3.46. The molecule has 2 aliphatic rings. The second-order valence-corrected chi connectivity index (χ2v) is 8.17. The lowest BCUT2D eigenvalue weighted by Crippen LogP contribution is -2.54. The van der Waals surface area contributed by atoms with Crippen molar-refractivity contribution in [3.05, 3.63) is 60.9 Å². The third-order valence-corrected chi connectivity index (χ3v) is 6.18. The van der Waals surface area contributed by atoms with Crippen LogP contribution in [0.15, 0.2) is 60.9 Å². The van der Waals surface area contributed by atoms with Crippen LogP contribution in [0, 0.1) is 0 Å². The van der Waals surface area contributed by atoms with Crippen molar-refractivity contribution >= 4 is 17.4 Å². The summed E-state index contributed by atoms with van der Waals surface area (Å²) in [6.45, 7) is 7.20. The lowest BCUT2D eigenvalue weighted by Gasteiger charge is -2.38. The van der Waals surface area contributed by atoms with Crippen LogP contribution in [0.5, 0.6) is 0 Å². The first kappa shape index (κ1) is 20.4. The quantitative estimate of drug-likeness (QED) is 0.598. The molecule has 4 heterocycles. The average molecular weight is 433 g/mol. The van der Waals surface area contributed by atoms with E-state index in [1.807, 2.05) is 35.4 Å². The zero-order valence-corrected chi connectivity index (χ0v) is 18.1. The Morgan fingerprint density at radius 1 is 0.750 bits per heavy atom. The number of amides is 1. The van der Waals surface area contributed by atoms with Crippen LogP contribution in [-0.4, -0.2) is 94.6 Å². The van der Waals surface area contributed by atoms with Crippen LogP contribution < -0.4 is 9.80 Å². The molecule has 0 unspecified atom stereocenters. The molecule has 0 saturated carbocycles. The summed E-state index contributed by atoms with van der Waals surface area (Å²) in [7, 11) is 0. The number of hydrogen-bond acceptors (Lipinski definition) is 7. The molecule has 32 heavy (non-hydrogen) atoms. The number of para-hydroxylation sites is 1. The molecule has 0 radical (unpaired) electrons. The fourth-order valence-corrected chi connectivity index (χ4v) is 4.29. The fraction of sp³-hybridized carbons (Fsp3) is 0.391. The summed E-state index contributed by atoms with van der Waals surface area (Å²) in [5, 5.41) is 12.8. The van der Waals surface area contributed by atoms with Crippen molar-refractivity contribution in [1.29, 1.82) is 0 Å². The SMILES string of the molecule is O=C(CN1CCN(c2ccc(-n3cccn3)nn2)CC1)N1CCN(c2ccccc2)CC1. The van der Waals surface area contributed by atoms with E-state index in [-0.39, 0.29) is 5.91 Å². The van der Waals surface area contributed by atoms with Gasteiger partial charge in [0.1, 0.15) is 0 Å². The van der Waals surface area contributed by atoms with Gasteiger partial charge >= 0.3 is 0 Å². The van der Waals surface area contributed by atoms with Gasteiger partial charge in [0.05, 0.1) is 6.54 Å². The van der Waals surface area contributed by atoms with Crippen molar-refractivity contribution in [2.45, 2.75) is 0 Å². The predicted molar refractivity (Wildman–Crippen MR) is 123 cm³/mol. The molecule has 0 N–H and O–H groups in total. The second-order valence-electron chi connectivity index (χ2n) is 8.17. The van der Waals surface area contributed by atoms with Crippen molar-refractivity contribution in [1.82, 2.24) is 29.8 Å². The summed E-state index contributed by atoms with van der Waals surface area (Å²) >= 11 is 0. The number of rotatable bonds is 5. The molecule has 0 aliphatic carbocycles. The monoisotopic (exact) mass is 432 g/mol. The maximum absolute atomic E-state index is 12.8. The Labute approximate surface area is 187 Å². The summed E-state index contributed by atoms with van der Waals surface area (Å²) in [6, 6.07) is 16.2. The normalized spacial score (nSPS) is 17.6. The zero-order chi connectivity index (χ0) is 21.8. The standard InChI is InChI=1S/C23H28N8O/c32-23(30-17-15-28(16-18-30)20-5-2-1-3-6-20)19-27-11-13-29(14-12-27)21-7-8-22(26-25-21)31-10-4-9-24-31/h1-10H,11-19H2. The van der Waals surface area contributed by atoms with E-state index in [1.54, 1.807) is 10.9 Å². The van der Waals surface area contributed by atoms with Crippen LogP contribution in [0.4, 0.5) is 11.5 Å². The minimum atomic E-state index is 0.231. The number of nitrogens with zero attached hydrogens (tertiary/aromatic N) is 8. The van der Waals surface area contributed by atoms with E-state index in [2.05, 4.69) is 54.3 Å². The van der Waals surface area contributed by atoms with Crippen LogP contribution in [0.1, 0.15) is 0 Å². The van der Waals surface area contributed by atoms with Crippen LogP contribution in [-0.2, 0) is 4.79 Å². The van der Waals surface area contributed by atoms with Gasteiger partial charge in [0, 0.05) is 70.4 Å². The smallest absolute Gasteiger partial charge is 0.236 e. The van der Waals surface area contributed by atoms with Gasteiger partial charge in [-0.05, 0) is 30.3 Å². The first-order valence-electron chi connectivity index (χ1n) is 11.1. The van der Waals surface area contributed by atoms with Crippen molar-refractivity contribution in [2.24, 2.45) is 0 Å². The maximum atomic E-state index is 12.8. The number of piperazine rings is 2. The molecule has 0 spiro atoms. The van der Waals surface area contributed by atoms with Gasteiger partial charge in [0.25, 0.3) is 0 Å². The molecule has 9 heteroatoms. The highest BCUT2D eigenvalue weighted by Crippen LogP contribution is 2.17. The van der Waals surface area contributed by atoms with Crippen LogP contribution in [0.2, 0.25) is 0 Å². The van der Waals surface area contributed by atoms with Crippen molar-refractivity contribution in [3.63, 3.8) is 0 Å². The number of carbonyl (C=O) groups is 1. The molecule has 0 atom stereocenters. The fourth-order valence-electron chi connectivity index (χ4n) is 4.29. The Morgan fingerprint density at radius 2 is 1.44 bits per heavy atom. The van der Waals surface area contributed by atoms with Crippen molar-refractivity contribution in [3.8, 4) is 5.82 Å². The lowest BCUT2D eigenvalue weighted by atomic mass is 10.2. The molecule has 2 aromatic heterocycles. The van der Waals surface area contributed by atoms with Gasteiger partial charge in [-0.25, -0.2) is 4.68 Å². The van der Waals surface area contributed by atoms with E-state index in [0.717, 1.165) is 58.2 Å². The molecular weight excluding hydrogens is 404 g/mol. The van der Waals surface area contributed by atoms with Crippen LogP contribution in [0.25, 0.3) is 5.82 Å². The molecule has 2 fully saturated rings. The number of benzene rings is 1. The summed E-state index contributed by atoms with van der Waals surface area (Å²) < 4.78 is 1.69. The highest BCUT2D eigenvalue weighted by atomic mass is 16.2. The second kappa shape index (κ2) is 9.35. The maximum Gasteiger partial charge on any atom is 0.236 e. The largest absolute Gasteiger partial charge is 0.368 e. The summed E-state index contributed by atoms with van der Waals surface area (Å²) in [4.78, 5) is 21.7. The van der Waals surface area contributed by atoms with E-state index >= 15 is 0 Å². The Kier molecular flexibility index (Phi) is 5.98. The average Bonchev–Trinajstić information content (AvgIpc) is 3.40. The Morgan fingerprint density at radius 3 is 2.09 bits per heavy atom. The van der Waals surface area contributed by atoms with Gasteiger partial charge in [0.2, 0.25) is 5.91 Å². The van der Waals surface area contributed by atoms with Crippen LogP contribution in [0.3, 0.4) is 0 Å². The number of hydrogen-bond donors (Lipinski definition) is 0. The molecule has 9 nitrogen and oxygen atoms in total. The molecule has 1 amide bonds. The number of anilines is 2. The van der Waals surface area contributed by atoms with Gasteiger partial charge in [-0.2, -0.15) is 5.10 Å². The topological polar surface area (TPSA) is 73.6 Å². The van der Waals surface area contributed by atoms with E-state index < -0.39 is 0 Å². The van der Waals surface area contributed by atoms with Gasteiger partial charge < -0.3 is 14.7 Å². The molecule has 166 valence electrons. The highest BCUT2D eigenvalue weighted by molar-refractivity contribution is 5.78. The minimum Gasteiger partial charge on any atom is -0.368 e. The summed E-state index contributed by atoms with van der Waals surface area (Å²) in [6.07, 6.45) is 3.57. The number of carbonyl (C=O) groups excluding carboxylic acids is 1. The Bertz CT molecular complexity index is 992. The third-order valence-electron chi connectivity index (χ3n) is 6.18. The summed E-state index contributed by atoms with van der Waals surface area (Å²) in [5.74, 6) is 1.80. The minimum absolute atomic E-state index is 0.231. The van der Waals surface area contributed by atoms with Crippen molar-refractivity contribution in [2.75, 3.05) is 68.7 Å². The third kappa shape index (κ3) is 4.57. The Balaban J connectivity index is 1.08. The van der Waals surface area contributed by atoms with Crippen molar-refractivity contribution < 1.29 is 4.79 Å². The van der Waals surface area contributed by atoms with E-state index in [0.29, 0.717) is 12.4 Å². The molecule has 5 rings (SSSR count). The lowest BCUT2D eigenvalue weighted by molar-refractivity contribution is -0.132. The van der Waals surface area contributed by atoms with E-state index in [9.17, 15) is 4.79 Å². The first-order chi connectivity index (χ1) is 15.8. The summed E-state index contributed by atoms with van der Waals surface area (Å²) in [5.41, 5.74) is 1.23. The van der Waals surface area contributed by atoms with Gasteiger partial charge in [-0.3, -0.25) is 9.69 Å². The van der Waals surface area contributed by atoms with Gasteiger partial charge in [0.15, 0.2) is 11.6 Å². The van der Waals surface area contributed by atoms with Crippen LogP contribution >= 0.6 is 0 Å². The highest BCUT2D eigenvalue weighted by Gasteiger charge is 2.25. The van der Waals surface area contributed by atoms with E-state index in [1.165, 1.54) is 5.69 Å². The zero-order valence-electron chi connectivity index (χ0n) is 18.1. The predicted octanol–water partition coefficient (Wildman–Crippen LogP) is 1.13. The molecule has 1 aromatic carbocycles. The molecular formula is C23H28N8O. The first-order valence-corrected chi connectivity index (χ1v) is 11.1. The molecule has 2 saturated heterocycles. The van der Waals surface area contributed by atoms with Gasteiger partial charge in [-0.1, -0.05) is 18.2 Å².